The van der Waals surface area contributed by atoms with Crippen molar-refractivity contribution in [3.05, 3.63) is 23.0 Å². The zero-order valence-corrected chi connectivity index (χ0v) is 12.8. The Morgan fingerprint density at radius 2 is 2.05 bits per heavy atom. The Bertz CT molecular complexity index is 594. The first-order valence-corrected chi connectivity index (χ1v) is 7.58. The standard InChI is InChI=1S/C15H21ClFN3/c1-3-5-7-10(6-4-2)20-14-8-11(16)12(17)9-13(14)19-15(20)18/h8-10H,3-7H2,1-2H3,(H2,18,19). The van der Waals surface area contributed by atoms with Gasteiger partial charge in [0, 0.05) is 12.1 Å². The van der Waals surface area contributed by atoms with Gasteiger partial charge in [0.15, 0.2) is 0 Å². The molecule has 0 aliphatic rings. The van der Waals surface area contributed by atoms with E-state index in [1.54, 1.807) is 6.07 Å². The van der Waals surface area contributed by atoms with Crippen molar-refractivity contribution in [3.63, 3.8) is 0 Å². The molecule has 0 radical (unpaired) electrons. The monoisotopic (exact) mass is 297 g/mol. The lowest BCUT2D eigenvalue weighted by molar-refractivity contribution is 0.430. The van der Waals surface area contributed by atoms with Gasteiger partial charge in [0.05, 0.1) is 16.1 Å². The first kappa shape index (κ1) is 15.1. The molecule has 1 atom stereocenters. The van der Waals surface area contributed by atoms with E-state index in [-0.39, 0.29) is 5.02 Å². The normalized spacial score (nSPS) is 13.0. The van der Waals surface area contributed by atoms with Crippen molar-refractivity contribution in [3.8, 4) is 0 Å². The summed E-state index contributed by atoms with van der Waals surface area (Å²) in [5, 5.41) is 0.115. The zero-order valence-electron chi connectivity index (χ0n) is 12.0. The molecule has 3 nitrogen and oxygen atoms in total. The Morgan fingerprint density at radius 1 is 1.30 bits per heavy atom. The molecule has 0 amide bonds. The molecule has 0 spiro atoms. The summed E-state index contributed by atoms with van der Waals surface area (Å²) in [5.41, 5.74) is 7.44. The number of halogens is 2. The summed E-state index contributed by atoms with van der Waals surface area (Å²) in [6.07, 6.45) is 5.43. The summed E-state index contributed by atoms with van der Waals surface area (Å²) in [6, 6.07) is 3.28. The smallest absolute Gasteiger partial charge is 0.201 e. The molecule has 0 saturated heterocycles. The molecular formula is C15H21ClFN3. The highest BCUT2D eigenvalue weighted by Gasteiger charge is 2.18. The maximum absolute atomic E-state index is 13.5. The molecule has 1 unspecified atom stereocenters. The Balaban J connectivity index is 2.49. The third-order valence-corrected chi connectivity index (χ3v) is 3.93. The fourth-order valence-corrected chi connectivity index (χ4v) is 2.83. The minimum absolute atomic E-state index is 0.115. The number of fused-ring (bicyclic) bond motifs is 1. The van der Waals surface area contributed by atoms with Gasteiger partial charge in [-0.05, 0) is 18.9 Å². The minimum atomic E-state index is -0.454. The number of nitrogens with two attached hydrogens (primary N) is 1. The molecular weight excluding hydrogens is 277 g/mol. The van der Waals surface area contributed by atoms with Crippen LogP contribution in [0.2, 0.25) is 5.02 Å². The first-order valence-electron chi connectivity index (χ1n) is 7.20. The van der Waals surface area contributed by atoms with Crippen LogP contribution in [-0.4, -0.2) is 9.55 Å². The number of hydrogen-bond acceptors (Lipinski definition) is 2. The van der Waals surface area contributed by atoms with Gasteiger partial charge in [0.1, 0.15) is 5.82 Å². The van der Waals surface area contributed by atoms with Gasteiger partial charge in [-0.15, -0.1) is 0 Å². The number of nitrogens with zero attached hydrogens (tertiary/aromatic N) is 2. The molecule has 2 rings (SSSR count). The van der Waals surface area contributed by atoms with E-state index in [9.17, 15) is 4.39 Å². The second-order valence-corrected chi connectivity index (χ2v) is 5.59. The highest BCUT2D eigenvalue weighted by molar-refractivity contribution is 6.31. The van der Waals surface area contributed by atoms with Crippen LogP contribution in [0.5, 0.6) is 0 Å². The molecule has 1 heterocycles. The number of unbranched alkanes of at least 4 members (excludes halogenated alkanes) is 1. The van der Waals surface area contributed by atoms with E-state index in [2.05, 4.69) is 18.8 Å². The third kappa shape index (κ3) is 2.90. The molecule has 20 heavy (non-hydrogen) atoms. The largest absolute Gasteiger partial charge is 0.369 e. The van der Waals surface area contributed by atoms with E-state index < -0.39 is 5.82 Å². The van der Waals surface area contributed by atoms with Crippen molar-refractivity contribution in [1.82, 2.24) is 9.55 Å². The van der Waals surface area contributed by atoms with Crippen LogP contribution >= 0.6 is 11.6 Å². The van der Waals surface area contributed by atoms with Gasteiger partial charge in [-0.25, -0.2) is 9.37 Å². The fraction of sp³-hybridized carbons (Fsp3) is 0.533. The van der Waals surface area contributed by atoms with Crippen molar-refractivity contribution < 1.29 is 4.39 Å². The molecule has 0 saturated carbocycles. The van der Waals surface area contributed by atoms with E-state index >= 15 is 0 Å². The summed E-state index contributed by atoms with van der Waals surface area (Å²) in [4.78, 5) is 4.27. The number of benzene rings is 1. The van der Waals surface area contributed by atoms with E-state index in [1.165, 1.54) is 6.07 Å². The third-order valence-electron chi connectivity index (χ3n) is 3.64. The Hall–Kier alpha value is -1.29. The van der Waals surface area contributed by atoms with Crippen molar-refractivity contribution >= 4 is 28.6 Å². The summed E-state index contributed by atoms with van der Waals surface area (Å²) in [6.45, 7) is 4.32. The van der Waals surface area contributed by atoms with Crippen LogP contribution in [0, 0.1) is 5.82 Å². The Kier molecular flexibility index (Phi) is 4.86. The molecule has 1 aromatic heterocycles. The fourth-order valence-electron chi connectivity index (χ4n) is 2.67. The summed E-state index contributed by atoms with van der Waals surface area (Å²) >= 11 is 5.90. The number of rotatable bonds is 6. The molecule has 0 fully saturated rings. The summed E-state index contributed by atoms with van der Waals surface area (Å²) < 4.78 is 15.5. The number of imidazole rings is 1. The van der Waals surface area contributed by atoms with Crippen LogP contribution < -0.4 is 5.73 Å². The molecule has 0 aliphatic heterocycles. The molecule has 2 N–H and O–H groups in total. The van der Waals surface area contributed by atoms with Crippen LogP contribution in [0.15, 0.2) is 12.1 Å². The van der Waals surface area contributed by atoms with Gasteiger partial charge in [0.2, 0.25) is 5.95 Å². The topological polar surface area (TPSA) is 43.8 Å². The summed E-state index contributed by atoms with van der Waals surface area (Å²) in [5.74, 6) is -0.0133. The molecule has 0 bridgehead atoms. The maximum atomic E-state index is 13.5. The average molecular weight is 298 g/mol. The second kappa shape index (κ2) is 6.44. The molecule has 0 aliphatic carbocycles. The van der Waals surface area contributed by atoms with Gasteiger partial charge >= 0.3 is 0 Å². The predicted octanol–water partition coefficient (Wildman–Crippen LogP) is 4.94. The molecule has 1 aromatic carbocycles. The van der Waals surface area contributed by atoms with Crippen LogP contribution in [0.1, 0.15) is 52.0 Å². The summed E-state index contributed by atoms with van der Waals surface area (Å²) in [7, 11) is 0. The number of hydrogen-bond donors (Lipinski definition) is 1. The highest BCUT2D eigenvalue weighted by atomic mass is 35.5. The Labute approximate surface area is 123 Å². The SMILES string of the molecule is CCCCC(CCC)n1c(N)nc2cc(F)c(Cl)cc21. The lowest BCUT2D eigenvalue weighted by Crippen LogP contribution is -2.12. The van der Waals surface area contributed by atoms with Crippen LogP contribution in [0.4, 0.5) is 10.3 Å². The zero-order chi connectivity index (χ0) is 14.7. The van der Waals surface area contributed by atoms with E-state index in [1.807, 2.05) is 4.57 Å². The highest BCUT2D eigenvalue weighted by Crippen LogP contribution is 2.31. The average Bonchev–Trinajstić information content (AvgIpc) is 2.71. The van der Waals surface area contributed by atoms with Gasteiger partial charge in [0.25, 0.3) is 0 Å². The van der Waals surface area contributed by atoms with Crippen molar-refractivity contribution in [2.75, 3.05) is 5.73 Å². The van der Waals surface area contributed by atoms with Crippen LogP contribution in [0.25, 0.3) is 11.0 Å². The lowest BCUT2D eigenvalue weighted by atomic mass is 10.0. The van der Waals surface area contributed by atoms with Crippen molar-refractivity contribution in [2.45, 2.75) is 52.0 Å². The van der Waals surface area contributed by atoms with Gasteiger partial charge in [-0.3, -0.25) is 0 Å². The lowest BCUT2D eigenvalue weighted by Gasteiger charge is -2.20. The van der Waals surface area contributed by atoms with E-state index in [0.717, 1.165) is 37.6 Å². The number of aromatic nitrogens is 2. The predicted molar refractivity (Wildman–Crippen MR) is 82.6 cm³/mol. The van der Waals surface area contributed by atoms with Gasteiger partial charge in [-0.1, -0.05) is 44.7 Å². The number of nitrogen functional groups attached to an aromatic ring is 1. The maximum Gasteiger partial charge on any atom is 0.201 e. The van der Waals surface area contributed by atoms with E-state index in [0.29, 0.717) is 17.5 Å². The van der Waals surface area contributed by atoms with Crippen molar-refractivity contribution in [1.29, 1.82) is 0 Å². The Morgan fingerprint density at radius 3 is 2.70 bits per heavy atom. The van der Waals surface area contributed by atoms with Gasteiger partial charge < -0.3 is 10.3 Å². The van der Waals surface area contributed by atoms with Crippen LogP contribution in [0.3, 0.4) is 0 Å². The molecule has 5 heteroatoms. The molecule has 2 aromatic rings. The quantitative estimate of drug-likeness (QED) is 0.820. The van der Waals surface area contributed by atoms with E-state index in [4.69, 9.17) is 17.3 Å². The van der Waals surface area contributed by atoms with Gasteiger partial charge in [-0.2, -0.15) is 0 Å². The first-order chi connectivity index (χ1) is 9.58. The number of anilines is 1. The second-order valence-electron chi connectivity index (χ2n) is 5.18. The molecule has 110 valence electrons. The minimum Gasteiger partial charge on any atom is -0.369 e. The van der Waals surface area contributed by atoms with Crippen LogP contribution in [-0.2, 0) is 0 Å². The van der Waals surface area contributed by atoms with Crippen molar-refractivity contribution in [2.24, 2.45) is 0 Å².